The Labute approximate surface area is 134 Å². The van der Waals surface area contributed by atoms with Crippen molar-refractivity contribution in [2.75, 3.05) is 4.90 Å². The number of carbonyl (C=O) groups excluding carboxylic acids is 1. The van der Waals surface area contributed by atoms with E-state index < -0.39 is 0 Å². The molecule has 0 aliphatic carbocycles. The van der Waals surface area contributed by atoms with E-state index >= 15 is 0 Å². The van der Waals surface area contributed by atoms with E-state index in [0.29, 0.717) is 0 Å². The average molecular weight is 300 g/mol. The number of aromatic nitrogens is 1. The van der Waals surface area contributed by atoms with E-state index in [-0.39, 0.29) is 5.91 Å². The van der Waals surface area contributed by atoms with E-state index in [2.05, 4.69) is 17.1 Å². The number of nitrogens with zero attached hydrogens (tertiary/aromatic N) is 1. The predicted octanol–water partition coefficient (Wildman–Crippen LogP) is 5.01. The molecule has 3 heteroatoms. The molecule has 0 saturated heterocycles. The molecular formula is C20H16N2O. The lowest BCUT2D eigenvalue weighted by Gasteiger charge is -2.21. The van der Waals surface area contributed by atoms with Crippen LogP contribution in [0.15, 0.2) is 72.8 Å². The Morgan fingerprint density at radius 3 is 2.35 bits per heavy atom. The van der Waals surface area contributed by atoms with Gasteiger partial charge in [0, 0.05) is 23.2 Å². The molecule has 4 rings (SSSR count). The van der Waals surface area contributed by atoms with Gasteiger partial charge < -0.3 is 4.98 Å². The lowest BCUT2D eigenvalue weighted by Crippen LogP contribution is -2.23. The molecule has 1 N–H and O–H groups in total. The number of aromatic amines is 1. The highest BCUT2D eigenvalue weighted by atomic mass is 16.2. The van der Waals surface area contributed by atoms with Crippen molar-refractivity contribution in [3.05, 3.63) is 72.8 Å². The molecule has 0 spiro atoms. The van der Waals surface area contributed by atoms with Crippen LogP contribution < -0.4 is 4.90 Å². The minimum absolute atomic E-state index is 0.0205. The third-order valence-electron chi connectivity index (χ3n) is 4.08. The summed E-state index contributed by atoms with van der Waals surface area (Å²) >= 11 is 0. The molecular weight excluding hydrogens is 284 g/mol. The Kier molecular flexibility index (Phi) is 3.12. The fourth-order valence-corrected chi connectivity index (χ4v) is 3.05. The molecule has 4 aromatic rings. The molecule has 0 radical (unpaired) electrons. The number of anilines is 2. The van der Waals surface area contributed by atoms with Crippen LogP contribution in [0.1, 0.15) is 6.92 Å². The number of fused-ring (bicyclic) bond motifs is 2. The first-order chi connectivity index (χ1) is 11.2. The second-order valence-corrected chi connectivity index (χ2v) is 5.59. The second kappa shape index (κ2) is 5.29. The van der Waals surface area contributed by atoms with E-state index in [0.717, 1.165) is 33.2 Å². The number of hydrogen-bond donors (Lipinski definition) is 1. The van der Waals surface area contributed by atoms with Gasteiger partial charge in [-0.25, -0.2) is 0 Å². The molecule has 1 heterocycles. The first kappa shape index (κ1) is 13.6. The van der Waals surface area contributed by atoms with Gasteiger partial charge in [-0.15, -0.1) is 0 Å². The first-order valence-electron chi connectivity index (χ1n) is 7.60. The second-order valence-electron chi connectivity index (χ2n) is 5.59. The lowest BCUT2D eigenvalue weighted by atomic mass is 10.1. The monoisotopic (exact) mass is 300 g/mol. The fraction of sp³-hybridized carbons (Fsp3) is 0.0500. The smallest absolute Gasteiger partial charge is 0.229 e. The van der Waals surface area contributed by atoms with Crippen molar-refractivity contribution >= 4 is 39.1 Å². The van der Waals surface area contributed by atoms with Gasteiger partial charge >= 0.3 is 0 Å². The fourth-order valence-electron chi connectivity index (χ4n) is 3.05. The Hall–Kier alpha value is -3.07. The number of rotatable bonds is 2. The van der Waals surface area contributed by atoms with Gasteiger partial charge in [-0.3, -0.25) is 9.69 Å². The van der Waals surface area contributed by atoms with Crippen molar-refractivity contribution in [2.24, 2.45) is 0 Å². The van der Waals surface area contributed by atoms with Crippen molar-refractivity contribution in [2.45, 2.75) is 6.92 Å². The maximum atomic E-state index is 12.4. The van der Waals surface area contributed by atoms with Crippen molar-refractivity contribution in [1.29, 1.82) is 0 Å². The third kappa shape index (κ3) is 2.27. The van der Waals surface area contributed by atoms with Crippen LogP contribution in [0, 0.1) is 0 Å². The van der Waals surface area contributed by atoms with E-state index in [9.17, 15) is 4.79 Å². The van der Waals surface area contributed by atoms with Crippen LogP contribution in [0.2, 0.25) is 0 Å². The molecule has 0 atom stereocenters. The number of hydrogen-bond acceptors (Lipinski definition) is 1. The van der Waals surface area contributed by atoms with Gasteiger partial charge in [-0.1, -0.05) is 54.6 Å². The van der Waals surface area contributed by atoms with Crippen LogP contribution in [0.3, 0.4) is 0 Å². The first-order valence-corrected chi connectivity index (χ1v) is 7.60. The molecule has 1 aromatic heterocycles. The largest absolute Gasteiger partial charge is 0.341 e. The van der Waals surface area contributed by atoms with Gasteiger partial charge in [0.1, 0.15) is 5.82 Å². The van der Waals surface area contributed by atoms with Gasteiger partial charge in [0.15, 0.2) is 0 Å². The summed E-state index contributed by atoms with van der Waals surface area (Å²) in [6, 6.07) is 24.2. The van der Waals surface area contributed by atoms with E-state index in [1.807, 2.05) is 60.7 Å². The molecule has 0 saturated carbocycles. The summed E-state index contributed by atoms with van der Waals surface area (Å²) in [5.41, 5.74) is 1.91. The van der Waals surface area contributed by atoms with Crippen LogP contribution in [-0.2, 0) is 4.79 Å². The Morgan fingerprint density at radius 2 is 1.57 bits per heavy atom. The molecule has 3 aromatic carbocycles. The van der Waals surface area contributed by atoms with Crippen LogP contribution in [0.25, 0.3) is 21.7 Å². The number of carbonyl (C=O) groups is 1. The predicted molar refractivity (Wildman–Crippen MR) is 95.1 cm³/mol. The highest BCUT2D eigenvalue weighted by Crippen LogP contribution is 2.33. The van der Waals surface area contributed by atoms with Gasteiger partial charge in [-0.2, -0.15) is 0 Å². The van der Waals surface area contributed by atoms with E-state index in [1.54, 1.807) is 11.8 Å². The summed E-state index contributed by atoms with van der Waals surface area (Å²) < 4.78 is 0. The molecule has 23 heavy (non-hydrogen) atoms. The van der Waals surface area contributed by atoms with E-state index in [4.69, 9.17) is 0 Å². The Bertz CT molecular complexity index is 978. The summed E-state index contributed by atoms with van der Waals surface area (Å²) in [6.45, 7) is 1.59. The highest BCUT2D eigenvalue weighted by Gasteiger charge is 2.18. The van der Waals surface area contributed by atoms with Crippen LogP contribution in [0.4, 0.5) is 11.5 Å². The minimum atomic E-state index is -0.0205. The minimum Gasteiger partial charge on any atom is -0.341 e. The normalized spacial score (nSPS) is 11.0. The number of H-pyrrole nitrogens is 1. The highest BCUT2D eigenvalue weighted by molar-refractivity contribution is 6.08. The zero-order valence-corrected chi connectivity index (χ0v) is 12.8. The zero-order chi connectivity index (χ0) is 15.8. The van der Waals surface area contributed by atoms with Gasteiger partial charge in [0.2, 0.25) is 5.91 Å². The quantitative estimate of drug-likeness (QED) is 0.555. The molecule has 0 aliphatic rings. The van der Waals surface area contributed by atoms with E-state index in [1.165, 1.54) is 0 Å². The Balaban J connectivity index is 1.95. The maximum absolute atomic E-state index is 12.4. The van der Waals surface area contributed by atoms with Crippen LogP contribution in [-0.4, -0.2) is 10.9 Å². The standard InChI is InChI=1S/C20H16N2O/c1-14(23)22(20-13-16-8-3-5-11-18(16)21-20)19-12-6-9-15-7-2-4-10-17(15)19/h2-13,21H,1H3. The number of amides is 1. The molecule has 0 aliphatic heterocycles. The third-order valence-corrected chi connectivity index (χ3v) is 4.08. The average Bonchev–Trinajstić information content (AvgIpc) is 2.98. The molecule has 0 bridgehead atoms. The van der Waals surface area contributed by atoms with Crippen LogP contribution in [0.5, 0.6) is 0 Å². The molecule has 0 unspecified atom stereocenters. The summed E-state index contributed by atoms with van der Waals surface area (Å²) in [5.74, 6) is 0.767. The van der Waals surface area contributed by atoms with Crippen molar-refractivity contribution in [3.63, 3.8) is 0 Å². The number of para-hydroxylation sites is 1. The summed E-state index contributed by atoms with van der Waals surface area (Å²) in [5, 5.41) is 3.27. The van der Waals surface area contributed by atoms with Gasteiger partial charge in [0.05, 0.1) is 5.69 Å². The van der Waals surface area contributed by atoms with Crippen molar-refractivity contribution < 1.29 is 4.79 Å². The number of nitrogens with one attached hydrogen (secondary N) is 1. The summed E-state index contributed by atoms with van der Waals surface area (Å²) in [7, 11) is 0. The van der Waals surface area contributed by atoms with Gasteiger partial charge in [-0.05, 0) is 23.6 Å². The van der Waals surface area contributed by atoms with Crippen molar-refractivity contribution in [3.8, 4) is 0 Å². The lowest BCUT2D eigenvalue weighted by molar-refractivity contribution is -0.115. The Morgan fingerprint density at radius 1 is 0.870 bits per heavy atom. The van der Waals surface area contributed by atoms with Crippen molar-refractivity contribution in [1.82, 2.24) is 4.98 Å². The zero-order valence-electron chi connectivity index (χ0n) is 12.8. The summed E-state index contributed by atoms with van der Waals surface area (Å²) in [4.78, 5) is 17.5. The summed E-state index contributed by atoms with van der Waals surface area (Å²) in [6.07, 6.45) is 0. The molecule has 112 valence electrons. The SMILES string of the molecule is CC(=O)N(c1cc2ccccc2[nH]1)c1cccc2ccccc12. The molecule has 3 nitrogen and oxygen atoms in total. The topological polar surface area (TPSA) is 36.1 Å². The van der Waals surface area contributed by atoms with Gasteiger partial charge in [0.25, 0.3) is 0 Å². The number of benzene rings is 3. The maximum Gasteiger partial charge on any atom is 0.229 e. The molecule has 0 fully saturated rings. The van der Waals surface area contributed by atoms with Crippen LogP contribution >= 0.6 is 0 Å². The molecule has 1 amide bonds.